The lowest BCUT2D eigenvalue weighted by Gasteiger charge is -2.37. The van der Waals surface area contributed by atoms with E-state index in [0.29, 0.717) is 19.6 Å². The van der Waals surface area contributed by atoms with Crippen molar-refractivity contribution < 1.29 is 9.90 Å². The van der Waals surface area contributed by atoms with Crippen LogP contribution in [0.15, 0.2) is 24.3 Å². The maximum absolute atomic E-state index is 12.0. The van der Waals surface area contributed by atoms with Crippen LogP contribution in [0.1, 0.15) is 6.92 Å². The number of hydrogen-bond acceptors (Lipinski definition) is 4. The van der Waals surface area contributed by atoms with Crippen LogP contribution in [-0.4, -0.2) is 48.6 Å². The van der Waals surface area contributed by atoms with Crippen LogP contribution in [0, 0.1) is 5.92 Å². The summed E-state index contributed by atoms with van der Waals surface area (Å²) < 4.78 is 0. The molecule has 1 fully saturated rings. The highest BCUT2D eigenvalue weighted by molar-refractivity contribution is 5.79. The second kappa shape index (κ2) is 5.93. The minimum Gasteiger partial charge on any atom is -0.506 e. The largest absolute Gasteiger partial charge is 0.506 e. The summed E-state index contributed by atoms with van der Waals surface area (Å²) in [5.74, 6) is 0.300. The van der Waals surface area contributed by atoms with Gasteiger partial charge < -0.3 is 20.6 Å². The lowest BCUT2D eigenvalue weighted by molar-refractivity contribution is -0.134. The van der Waals surface area contributed by atoms with Crippen molar-refractivity contribution in [1.82, 2.24) is 4.90 Å². The van der Waals surface area contributed by atoms with Gasteiger partial charge in [0.15, 0.2) is 0 Å². The number of hydrogen-bond donors (Lipinski definition) is 2. The SMILES string of the molecule is CC(CN)C(=O)N1CCN(c2ccccc2O)CC1. The van der Waals surface area contributed by atoms with E-state index in [2.05, 4.69) is 4.90 Å². The van der Waals surface area contributed by atoms with E-state index in [1.807, 2.05) is 30.0 Å². The number of nitrogens with zero attached hydrogens (tertiary/aromatic N) is 2. The first-order valence-corrected chi connectivity index (χ1v) is 6.65. The molecule has 1 aliphatic rings. The van der Waals surface area contributed by atoms with Gasteiger partial charge in [-0.3, -0.25) is 4.79 Å². The quantitative estimate of drug-likeness (QED) is 0.839. The molecular formula is C14H21N3O2. The first kappa shape index (κ1) is 13.7. The van der Waals surface area contributed by atoms with Gasteiger partial charge in [-0.05, 0) is 12.1 Å². The number of para-hydroxylation sites is 2. The normalized spacial score (nSPS) is 17.4. The van der Waals surface area contributed by atoms with Crippen molar-refractivity contribution in [2.24, 2.45) is 11.7 Å². The van der Waals surface area contributed by atoms with Gasteiger partial charge in [-0.25, -0.2) is 0 Å². The summed E-state index contributed by atoms with van der Waals surface area (Å²) in [5.41, 5.74) is 6.36. The molecule has 1 atom stereocenters. The molecule has 0 aromatic heterocycles. The summed E-state index contributed by atoms with van der Waals surface area (Å²) in [7, 11) is 0. The summed E-state index contributed by atoms with van der Waals surface area (Å²) in [6.07, 6.45) is 0. The van der Waals surface area contributed by atoms with Crippen LogP contribution < -0.4 is 10.6 Å². The number of benzene rings is 1. The molecule has 19 heavy (non-hydrogen) atoms. The molecule has 0 spiro atoms. The molecular weight excluding hydrogens is 242 g/mol. The number of rotatable bonds is 3. The lowest BCUT2D eigenvalue weighted by atomic mass is 10.1. The molecule has 0 radical (unpaired) electrons. The summed E-state index contributed by atoms with van der Waals surface area (Å²) in [6.45, 7) is 5.08. The molecule has 1 aromatic carbocycles. The van der Waals surface area contributed by atoms with Crippen molar-refractivity contribution >= 4 is 11.6 Å². The molecule has 1 aromatic rings. The molecule has 0 bridgehead atoms. The second-order valence-corrected chi connectivity index (χ2v) is 4.94. The van der Waals surface area contributed by atoms with E-state index in [1.165, 1.54) is 0 Å². The molecule has 1 aliphatic heterocycles. The number of aromatic hydroxyl groups is 1. The molecule has 0 saturated carbocycles. The van der Waals surface area contributed by atoms with E-state index in [1.54, 1.807) is 6.07 Å². The van der Waals surface area contributed by atoms with Crippen LogP contribution in [0.25, 0.3) is 0 Å². The van der Waals surface area contributed by atoms with Gasteiger partial charge >= 0.3 is 0 Å². The molecule has 2 rings (SSSR count). The molecule has 1 heterocycles. The smallest absolute Gasteiger partial charge is 0.226 e. The minimum atomic E-state index is -0.114. The minimum absolute atomic E-state index is 0.114. The van der Waals surface area contributed by atoms with E-state index in [-0.39, 0.29) is 17.6 Å². The summed E-state index contributed by atoms with van der Waals surface area (Å²) in [6, 6.07) is 7.29. The van der Waals surface area contributed by atoms with Crippen molar-refractivity contribution in [1.29, 1.82) is 0 Å². The average molecular weight is 263 g/mol. The van der Waals surface area contributed by atoms with Gasteiger partial charge in [-0.2, -0.15) is 0 Å². The molecule has 1 amide bonds. The van der Waals surface area contributed by atoms with Crippen molar-refractivity contribution in [2.75, 3.05) is 37.6 Å². The first-order valence-electron chi connectivity index (χ1n) is 6.65. The van der Waals surface area contributed by atoms with Crippen molar-refractivity contribution in [3.05, 3.63) is 24.3 Å². The molecule has 1 unspecified atom stereocenters. The third-order valence-corrected chi connectivity index (χ3v) is 3.59. The Balaban J connectivity index is 1.96. The summed E-state index contributed by atoms with van der Waals surface area (Å²) in [4.78, 5) is 16.0. The Hall–Kier alpha value is -1.75. The third-order valence-electron chi connectivity index (χ3n) is 3.59. The van der Waals surface area contributed by atoms with E-state index in [9.17, 15) is 9.90 Å². The Morgan fingerprint density at radius 3 is 2.53 bits per heavy atom. The molecule has 104 valence electrons. The van der Waals surface area contributed by atoms with Crippen molar-refractivity contribution in [3.8, 4) is 5.75 Å². The molecule has 1 saturated heterocycles. The molecule has 3 N–H and O–H groups in total. The Morgan fingerprint density at radius 1 is 1.32 bits per heavy atom. The number of phenols is 1. The van der Waals surface area contributed by atoms with Crippen LogP contribution in [0.4, 0.5) is 5.69 Å². The highest BCUT2D eigenvalue weighted by Gasteiger charge is 2.24. The van der Waals surface area contributed by atoms with E-state index < -0.39 is 0 Å². The first-order chi connectivity index (χ1) is 9.13. The van der Waals surface area contributed by atoms with Gasteiger partial charge in [0.05, 0.1) is 5.69 Å². The second-order valence-electron chi connectivity index (χ2n) is 4.94. The van der Waals surface area contributed by atoms with Crippen molar-refractivity contribution in [3.63, 3.8) is 0 Å². The number of amides is 1. The Labute approximate surface area is 113 Å². The van der Waals surface area contributed by atoms with E-state index in [4.69, 9.17) is 5.73 Å². The maximum atomic E-state index is 12.0. The summed E-state index contributed by atoms with van der Waals surface area (Å²) in [5, 5.41) is 9.83. The van der Waals surface area contributed by atoms with Gasteiger partial charge in [0, 0.05) is 38.6 Å². The zero-order chi connectivity index (χ0) is 13.8. The standard InChI is InChI=1S/C14H21N3O2/c1-11(10-15)14(19)17-8-6-16(7-9-17)12-4-2-3-5-13(12)18/h2-5,11,18H,6-10,15H2,1H3. The monoisotopic (exact) mass is 263 g/mol. The maximum Gasteiger partial charge on any atom is 0.226 e. The fraction of sp³-hybridized carbons (Fsp3) is 0.500. The van der Waals surface area contributed by atoms with Gasteiger partial charge in [0.25, 0.3) is 0 Å². The zero-order valence-electron chi connectivity index (χ0n) is 11.2. The number of anilines is 1. The van der Waals surface area contributed by atoms with Gasteiger partial charge in [0.2, 0.25) is 5.91 Å². The highest BCUT2D eigenvalue weighted by atomic mass is 16.3. The van der Waals surface area contributed by atoms with Gasteiger partial charge in [0.1, 0.15) is 5.75 Å². The van der Waals surface area contributed by atoms with Gasteiger partial charge in [-0.1, -0.05) is 19.1 Å². The Morgan fingerprint density at radius 2 is 1.95 bits per heavy atom. The zero-order valence-corrected chi connectivity index (χ0v) is 11.2. The number of nitrogens with two attached hydrogens (primary N) is 1. The number of piperazine rings is 1. The predicted molar refractivity (Wildman–Crippen MR) is 75.1 cm³/mol. The van der Waals surface area contributed by atoms with E-state index in [0.717, 1.165) is 18.8 Å². The van der Waals surface area contributed by atoms with Crippen LogP contribution >= 0.6 is 0 Å². The number of carbonyl (C=O) groups is 1. The fourth-order valence-corrected chi connectivity index (χ4v) is 2.31. The molecule has 0 aliphatic carbocycles. The average Bonchev–Trinajstić information content (AvgIpc) is 2.46. The van der Waals surface area contributed by atoms with E-state index >= 15 is 0 Å². The summed E-state index contributed by atoms with van der Waals surface area (Å²) >= 11 is 0. The van der Waals surface area contributed by atoms with Crippen LogP contribution in [0.3, 0.4) is 0 Å². The molecule has 5 nitrogen and oxygen atoms in total. The van der Waals surface area contributed by atoms with Crippen molar-refractivity contribution in [2.45, 2.75) is 6.92 Å². The fourth-order valence-electron chi connectivity index (χ4n) is 2.31. The van der Waals surface area contributed by atoms with Gasteiger partial charge in [-0.15, -0.1) is 0 Å². The lowest BCUT2D eigenvalue weighted by Crippen LogP contribution is -2.50. The predicted octanol–water partition coefficient (Wildman–Crippen LogP) is 0.636. The van der Waals surface area contributed by atoms with Crippen LogP contribution in [-0.2, 0) is 4.79 Å². The number of phenolic OH excluding ortho intramolecular Hbond substituents is 1. The Bertz CT molecular complexity index is 442. The molecule has 5 heteroatoms. The highest BCUT2D eigenvalue weighted by Crippen LogP contribution is 2.27. The van der Waals surface area contributed by atoms with Crippen LogP contribution in [0.2, 0.25) is 0 Å². The van der Waals surface area contributed by atoms with Crippen LogP contribution in [0.5, 0.6) is 5.75 Å². The number of carbonyl (C=O) groups excluding carboxylic acids is 1. The third kappa shape index (κ3) is 2.98. The topological polar surface area (TPSA) is 69.8 Å². The Kier molecular flexibility index (Phi) is 4.27.